The third-order valence-electron chi connectivity index (χ3n) is 2.98. The molecule has 0 heterocycles. The molecule has 0 spiro atoms. The number of rotatable bonds is 4. The third-order valence-corrected chi connectivity index (χ3v) is 4.38. The van der Waals surface area contributed by atoms with Crippen LogP contribution >= 0.6 is 39.1 Å². The first-order chi connectivity index (χ1) is 9.52. The largest absolute Gasteiger partial charge is 0.496 e. The molecule has 5 heteroatoms. The van der Waals surface area contributed by atoms with E-state index in [1.165, 1.54) is 6.07 Å². The highest BCUT2D eigenvalue weighted by molar-refractivity contribution is 9.09. The molecule has 106 valence electrons. The van der Waals surface area contributed by atoms with Crippen LogP contribution in [0.15, 0.2) is 36.4 Å². The Labute approximate surface area is 135 Å². The Morgan fingerprint density at radius 1 is 1.25 bits per heavy atom. The molecule has 0 radical (unpaired) electrons. The van der Waals surface area contributed by atoms with E-state index < -0.39 is 0 Å². The molecule has 0 aliphatic heterocycles. The molecule has 0 aliphatic carbocycles. The number of hydrogen-bond acceptors (Lipinski definition) is 1. The van der Waals surface area contributed by atoms with Crippen LogP contribution in [0.4, 0.5) is 4.39 Å². The quantitative estimate of drug-likeness (QED) is 0.610. The molecule has 0 aromatic heterocycles. The molecule has 1 unspecified atom stereocenters. The molecular weight excluding hydrogens is 366 g/mol. The predicted molar refractivity (Wildman–Crippen MR) is 84.8 cm³/mol. The first kappa shape index (κ1) is 15.6. The average molecular weight is 378 g/mol. The van der Waals surface area contributed by atoms with E-state index in [1.54, 1.807) is 31.4 Å². The smallest absolute Gasteiger partial charge is 0.127 e. The molecule has 2 aromatic rings. The minimum Gasteiger partial charge on any atom is -0.496 e. The lowest BCUT2D eigenvalue weighted by Crippen LogP contribution is -2.01. The highest BCUT2D eigenvalue weighted by Crippen LogP contribution is 2.37. The van der Waals surface area contributed by atoms with Crippen molar-refractivity contribution in [2.45, 2.75) is 11.2 Å². The second kappa shape index (κ2) is 6.79. The summed E-state index contributed by atoms with van der Waals surface area (Å²) in [5.74, 6) is 0.349. The number of halogens is 4. The highest BCUT2D eigenvalue weighted by Gasteiger charge is 2.17. The van der Waals surface area contributed by atoms with E-state index >= 15 is 0 Å². The van der Waals surface area contributed by atoms with Crippen molar-refractivity contribution in [3.05, 3.63) is 63.4 Å². The summed E-state index contributed by atoms with van der Waals surface area (Å²) < 4.78 is 19.1. The van der Waals surface area contributed by atoms with E-state index in [2.05, 4.69) is 15.9 Å². The van der Waals surface area contributed by atoms with Crippen LogP contribution < -0.4 is 4.74 Å². The van der Waals surface area contributed by atoms with Gasteiger partial charge >= 0.3 is 0 Å². The average Bonchev–Trinajstić information content (AvgIpc) is 2.42. The van der Waals surface area contributed by atoms with Gasteiger partial charge in [-0.25, -0.2) is 4.39 Å². The molecule has 0 saturated carbocycles. The Balaban J connectivity index is 2.31. The van der Waals surface area contributed by atoms with Gasteiger partial charge in [0, 0.05) is 26.0 Å². The van der Waals surface area contributed by atoms with Crippen molar-refractivity contribution in [3.63, 3.8) is 0 Å². The van der Waals surface area contributed by atoms with Crippen molar-refractivity contribution in [2.75, 3.05) is 7.11 Å². The van der Waals surface area contributed by atoms with Crippen LogP contribution in [0.5, 0.6) is 5.75 Å². The van der Waals surface area contributed by atoms with Crippen LogP contribution in [-0.4, -0.2) is 7.11 Å². The molecule has 2 aromatic carbocycles. The zero-order valence-corrected chi connectivity index (χ0v) is 13.8. The van der Waals surface area contributed by atoms with Crippen LogP contribution in [-0.2, 0) is 6.42 Å². The molecule has 0 aliphatic rings. The van der Waals surface area contributed by atoms with Crippen LogP contribution in [0, 0.1) is 5.82 Å². The van der Waals surface area contributed by atoms with Crippen molar-refractivity contribution in [1.82, 2.24) is 0 Å². The van der Waals surface area contributed by atoms with E-state index in [9.17, 15) is 4.39 Å². The minimum absolute atomic E-state index is 0.121. The van der Waals surface area contributed by atoms with Crippen LogP contribution in [0.25, 0.3) is 0 Å². The van der Waals surface area contributed by atoms with Gasteiger partial charge in [0.05, 0.1) is 7.11 Å². The summed E-state index contributed by atoms with van der Waals surface area (Å²) in [5.41, 5.74) is 1.38. The van der Waals surface area contributed by atoms with Gasteiger partial charge in [-0.05, 0) is 30.7 Å². The van der Waals surface area contributed by atoms with Gasteiger partial charge in [0.25, 0.3) is 0 Å². The molecule has 0 bridgehead atoms. The summed E-state index contributed by atoms with van der Waals surface area (Å²) in [6, 6.07) is 10.0. The van der Waals surface area contributed by atoms with Crippen LogP contribution in [0.1, 0.15) is 16.0 Å². The number of methoxy groups -OCH3 is 1. The normalized spacial score (nSPS) is 12.2. The SMILES string of the molecule is COc1cc(Cl)ccc1C(Br)Cc1c(F)cccc1Cl. The fourth-order valence-electron chi connectivity index (χ4n) is 1.96. The number of ether oxygens (including phenoxy) is 1. The topological polar surface area (TPSA) is 9.23 Å². The Kier molecular flexibility index (Phi) is 5.30. The van der Waals surface area contributed by atoms with Gasteiger partial charge < -0.3 is 4.74 Å². The maximum atomic E-state index is 13.8. The number of hydrogen-bond donors (Lipinski definition) is 0. The molecule has 20 heavy (non-hydrogen) atoms. The molecule has 0 saturated heterocycles. The van der Waals surface area contributed by atoms with Crippen LogP contribution in [0.2, 0.25) is 10.0 Å². The molecular formula is C15H12BrCl2FO. The lowest BCUT2D eigenvalue weighted by molar-refractivity contribution is 0.409. The van der Waals surface area contributed by atoms with E-state index in [1.807, 2.05) is 6.07 Å². The molecule has 1 atom stereocenters. The molecule has 0 amide bonds. The summed E-state index contributed by atoms with van der Waals surface area (Å²) in [6.07, 6.45) is 0.420. The first-order valence-corrected chi connectivity index (χ1v) is 7.60. The summed E-state index contributed by atoms with van der Waals surface area (Å²) >= 11 is 15.5. The van der Waals surface area contributed by atoms with Crippen molar-refractivity contribution in [1.29, 1.82) is 0 Å². The monoisotopic (exact) mass is 376 g/mol. The van der Waals surface area contributed by atoms with E-state index in [-0.39, 0.29) is 10.6 Å². The van der Waals surface area contributed by atoms with Gasteiger partial charge in [0.15, 0.2) is 0 Å². The van der Waals surface area contributed by atoms with Gasteiger partial charge in [-0.3, -0.25) is 0 Å². The van der Waals surface area contributed by atoms with E-state index in [4.69, 9.17) is 27.9 Å². The Bertz CT molecular complexity index is 599. The van der Waals surface area contributed by atoms with Gasteiger partial charge in [-0.2, -0.15) is 0 Å². The minimum atomic E-state index is -0.310. The molecule has 1 nitrogen and oxygen atoms in total. The van der Waals surface area contributed by atoms with Gasteiger partial charge in [0.1, 0.15) is 11.6 Å². The summed E-state index contributed by atoms with van der Waals surface area (Å²) in [6.45, 7) is 0. The fraction of sp³-hybridized carbons (Fsp3) is 0.200. The maximum absolute atomic E-state index is 13.8. The lowest BCUT2D eigenvalue weighted by atomic mass is 10.0. The fourth-order valence-corrected chi connectivity index (χ4v) is 3.06. The van der Waals surface area contributed by atoms with Crippen molar-refractivity contribution in [3.8, 4) is 5.75 Å². The van der Waals surface area contributed by atoms with Gasteiger partial charge in [-0.1, -0.05) is 51.3 Å². The number of benzene rings is 2. The summed E-state index contributed by atoms with van der Waals surface area (Å²) in [4.78, 5) is -0.121. The summed E-state index contributed by atoms with van der Waals surface area (Å²) in [5, 5.41) is 1.01. The zero-order chi connectivity index (χ0) is 14.7. The summed E-state index contributed by atoms with van der Waals surface area (Å²) in [7, 11) is 1.57. The zero-order valence-electron chi connectivity index (χ0n) is 10.7. The van der Waals surface area contributed by atoms with Gasteiger partial charge in [0.2, 0.25) is 0 Å². The Hall–Kier alpha value is -0.770. The third kappa shape index (κ3) is 3.46. The Morgan fingerprint density at radius 2 is 2.00 bits per heavy atom. The van der Waals surface area contributed by atoms with Crippen molar-refractivity contribution >= 4 is 39.1 Å². The second-order valence-corrected chi connectivity index (χ2v) is 6.21. The molecule has 0 fully saturated rings. The van der Waals surface area contributed by atoms with E-state index in [0.29, 0.717) is 27.8 Å². The number of alkyl halides is 1. The lowest BCUT2D eigenvalue weighted by Gasteiger charge is -2.16. The highest BCUT2D eigenvalue weighted by atomic mass is 79.9. The second-order valence-electron chi connectivity index (χ2n) is 4.26. The van der Waals surface area contributed by atoms with Crippen molar-refractivity contribution < 1.29 is 9.13 Å². The Morgan fingerprint density at radius 3 is 2.65 bits per heavy atom. The molecule has 0 N–H and O–H groups in total. The predicted octanol–water partition coefficient (Wildman–Crippen LogP) is 5.82. The van der Waals surface area contributed by atoms with Gasteiger partial charge in [-0.15, -0.1) is 0 Å². The first-order valence-electron chi connectivity index (χ1n) is 5.93. The maximum Gasteiger partial charge on any atom is 0.127 e. The standard InChI is InChI=1S/C15H12BrCl2FO/c1-20-15-7-9(17)5-6-10(15)12(16)8-11-13(18)3-2-4-14(11)19/h2-7,12H,8H2,1H3. The van der Waals surface area contributed by atoms with Crippen LogP contribution in [0.3, 0.4) is 0 Å². The molecule has 2 rings (SSSR count). The van der Waals surface area contributed by atoms with E-state index in [0.717, 1.165) is 5.56 Å². The van der Waals surface area contributed by atoms with Crippen molar-refractivity contribution in [2.24, 2.45) is 0 Å².